The van der Waals surface area contributed by atoms with Gasteiger partial charge in [-0.1, -0.05) is 0 Å². The van der Waals surface area contributed by atoms with Crippen LogP contribution in [0.5, 0.6) is 0 Å². The SMILES string of the molecule is CN=C(NCCCOC1CCOC1)NCCS(C)(=O)=O.I. The van der Waals surface area contributed by atoms with E-state index in [1.54, 1.807) is 7.05 Å². The van der Waals surface area contributed by atoms with E-state index in [4.69, 9.17) is 9.47 Å². The van der Waals surface area contributed by atoms with E-state index < -0.39 is 9.84 Å². The molecular weight excluding hydrogens is 409 g/mol. The average molecular weight is 435 g/mol. The Bertz CT molecular complexity index is 397. The molecule has 0 amide bonds. The highest BCUT2D eigenvalue weighted by Crippen LogP contribution is 2.07. The first kappa shape index (κ1) is 20.9. The van der Waals surface area contributed by atoms with Crippen molar-refractivity contribution < 1.29 is 17.9 Å². The first-order chi connectivity index (χ1) is 9.51. The third-order valence-corrected chi connectivity index (χ3v) is 3.79. The van der Waals surface area contributed by atoms with Gasteiger partial charge in [0.1, 0.15) is 9.84 Å². The molecule has 1 fully saturated rings. The summed E-state index contributed by atoms with van der Waals surface area (Å²) in [5.74, 6) is 0.705. The average Bonchev–Trinajstić information content (AvgIpc) is 2.88. The molecule has 0 radical (unpaired) electrons. The molecule has 1 aliphatic rings. The van der Waals surface area contributed by atoms with E-state index in [0.29, 0.717) is 25.7 Å². The molecule has 0 aromatic rings. The van der Waals surface area contributed by atoms with Crippen LogP contribution < -0.4 is 10.6 Å². The van der Waals surface area contributed by atoms with Gasteiger partial charge in [0.25, 0.3) is 0 Å². The third-order valence-electron chi connectivity index (χ3n) is 2.84. The Morgan fingerprint density at radius 1 is 1.38 bits per heavy atom. The summed E-state index contributed by atoms with van der Waals surface area (Å²) in [4.78, 5) is 4.02. The monoisotopic (exact) mass is 435 g/mol. The van der Waals surface area contributed by atoms with E-state index in [9.17, 15) is 8.42 Å². The number of nitrogens with one attached hydrogen (secondary N) is 2. The normalized spacial score (nSPS) is 19.1. The van der Waals surface area contributed by atoms with Gasteiger partial charge < -0.3 is 20.1 Å². The van der Waals surface area contributed by atoms with Crippen LogP contribution in [0, 0.1) is 0 Å². The van der Waals surface area contributed by atoms with Gasteiger partial charge in [0.05, 0.1) is 18.5 Å². The van der Waals surface area contributed by atoms with Crippen molar-refractivity contribution in [1.29, 1.82) is 0 Å². The summed E-state index contributed by atoms with van der Waals surface area (Å²) in [6.45, 7) is 3.25. The van der Waals surface area contributed by atoms with E-state index in [1.165, 1.54) is 6.26 Å². The van der Waals surface area contributed by atoms with E-state index >= 15 is 0 Å². The molecule has 1 unspecified atom stereocenters. The van der Waals surface area contributed by atoms with Crippen molar-refractivity contribution in [2.75, 3.05) is 52.0 Å². The van der Waals surface area contributed by atoms with Crippen molar-refractivity contribution in [1.82, 2.24) is 10.6 Å². The molecule has 1 rings (SSSR count). The Morgan fingerprint density at radius 2 is 2.10 bits per heavy atom. The molecule has 0 spiro atoms. The second kappa shape index (κ2) is 11.4. The van der Waals surface area contributed by atoms with Gasteiger partial charge in [0, 0.05) is 39.6 Å². The summed E-state index contributed by atoms with van der Waals surface area (Å²) in [7, 11) is -1.29. The van der Waals surface area contributed by atoms with Gasteiger partial charge in [0.15, 0.2) is 5.96 Å². The molecule has 1 heterocycles. The van der Waals surface area contributed by atoms with Crippen molar-refractivity contribution in [3.8, 4) is 0 Å². The third kappa shape index (κ3) is 11.1. The van der Waals surface area contributed by atoms with E-state index in [-0.39, 0.29) is 35.8 Å². The predicted molar refractivity (Wildman–Crippen MR) is 94.3 cm³/mol. The number of halogens is 1. The van der Waals surface area contributed by atoms with Crippen LogP contribution in [0.1, 0.15) is 12.8 Å². The fraction of sp³-hybridized carbons (Fsp3) is 0.917. The number of hydrogen-bond donors (Lipinski definition) is 2. The second-order valence-electron chi connectivity index (χ2n) is 4.77. The lowest BCUT2D eigenvalue weighted by Crippen LogP contribution is -2.40. The molecule has 7 nitrogen and oxygen atoms in total. The molecule has 1 aliphatic heterocycles. The summed E-state index contributed by atoms with van der Waals surface area (Å²) in [5, 5.41) is 6.07. The first-order valence-corrected chi connectivity index (χ1v) is 8.89. The lowest BCUT2D eigenvalue weighted by molar-refractivity contribution is 0.0420. The topological polar surface area (TPSA) is 89.0 Å². The van der Waals surface area contributed by atoms with Gasteiger partial charge >= 0.3 is 0 Å². The van der Waals surface area contributed by atoms with Crippen LogP contribution in [-0.2, 0) is 19.3 Å². The molecule has 0 aromatic heterocycles. The van der Waals surface area contributed by atoms with Gasteiger partial charge in [-0.15, -0.1) is 24.0 Å². The van der Waals surface area contributed by atoms with Crippen LogP contribution in [0.4, 0.5) is 0 Å². The van der Waals surface area contributed by atoms with E-state index in [2.05, 4.69) is 15.6 Å². The summed E-state index contributed by atoms with van der Waals surface area (Å²) in [6, 6.07) is 0. The number of guanidine groups is 1. The minimum absolute atomic E-state index is 0. The van der Waals surface area contributed by atoms with Crippen LogP contribution in [-0.4, -0.2) is 72.4 Å². The Balaban J connectivity index is 0.00000400. The summed E-state index contributed by atoms with van der Waals surface area (Å²) in [5.41, 5.74) is 0. The zero-order valence-electron chi connectivity index (χ0n) is 12.6. The predicted octanol–water partition coefficient (Wildman–Crippen LogP) is 0.00960. The first-order valence-electron chi connectivity index (χ1n) is 6.83. The Morgan fingerprint density at radius 3 is 2.67 bits per heavy atom. The fourth-order valence-electron chi connectivity index (χ4n) is 1.75. The van der Waals surface area contributed by atoms with E-state index in [1.807, 2.05) is 0 Å². The minimum atomic E-state index is -2.94. The standard InChI is InChI=1S/C12H25N3O4S.HI/c1-13-12(15-6-9-20(2,16)17)14-5-3-7-19-11-4-8-18-10-11;/h11H,3-10H2,1-2H3,(H2,13,14,15);1H. The molecule has 0 aliphatic carbocycles. The molecular formula is C12H26IN3O4S. The molecule has 1 saturated heterocycles. The Kier molecular flexibility index (Phi) is 11.4. The van der Waals surface area contributed by atoms with Crippen LogP contribution in [0.15, 0.2) is 4.99 Å². The van der Waals surface area contributed by atoms with E-state index in [0.717, 1.165) is 26.0 Å². The molecule has 0 saturated carbocycles. The molecule has 0 bridgehead atoms. The maximum absolute atomic E-state index is 11.0. The second-order valence-corrected chi connectivity index (χ2v) is 7.03. The van der Waals surface area contributed by atoms with Crippen molar-refractivity contribution >= 4 is 39.8 Å². The zero-order chi connectivity index (χ0) is 14.8. The number of ether oxygens (including phenoxy) is 2. The van der Waals surface area contributed by atoms with Crippen LogP contribution in [0.3, 0.4) is 0 Å². The van der Waals surface area contributed by atoms with Gasteiger partial charge in [-0.2, -0.15) is 0 Å². The van der Waals surface area contributed by atoms with Crippen molar-refractivity contribution in [2.45, 2.75) is 18.9 Å². The van der Waals surface area contributed by atoms with Gasteiger partial charge in [-0.25, -0.2) is 8.42 Å². The molecule has 0 aromatic carbocycles. The number of rotatable bonds is 8. The summed E-state index contributed by atoms with van der Waals surface area (Å²) in [6.07, 6.45) is 3.29. The number of sulfone groups is 1. The van der Waals surface area contributed by atoms with Crippen molar-refractivity contribution in [3.63, 3.8) is 0 Å². The van der Waals surface area contributed by atoms with Gasteiger partial charge in [0.2, 0.25) is 0 Å². The Labute approximate surface area is 144 Å². The number of nitrogens with zero attached hydrogens (tertiary/aromatic N) is 1. The quantitative estimate of drug-likeness (QED) is 0.242. The number of hydrogen-bond acceptors (Lipinski definition) is 5. The molecule has 9 heteroatoms. The van der Waals surface area contributed by atoms with Crippen LogP contribution in [0.2, 0.25) is 0 Å². The highest BCUT2D eigenvalue weighted by molar-refractivity contribution is 14.0. The highest BCUT2D eigenvalue weighted by atomic mass is 127. The molecule has 1 atom stereocenters. The molecule has 21 heavy (non-hydrogen) atoms. The molecule has 2 N–H and O–H groups in total. The van der Waals surface area contributed by atoms with Gasteiger partial charge in [-0.3, -0.25) is 4.99 Å². The minimum Gasteiger partial charge on any atom is -0.379 e. The number of aliphatic imine (C=N–C) groups is 1. The van der Waals surface area contributed by atoms with Gasteiger partial charge in [-0.05, 0) is 12.8 Å². The summed E-state index contributed by atoms with van der Waals surface area (Å²) < 4.78 is 32.9. The highest BCUT2D eigenvalue weighted by Gasteiger charge is 2.15. The largest absolute Gasteiger partial charge is 0.379 e. The van der Waals surface area contributed by atoms with Crippen molar-refractivity contribution in [3.05, 3.63) is 0 Å². The van der Waals surface area contributed by atoms with Crippen LogP contribution in [0.25, 0.3) is 0 Å². The molecule has 126 valence electrons. The Hall–Kier alpha value is -0.130. The maximum atomic E-state index is 11.0. The lowest BCUT2D eigenvalue weighted by Gasteiger charge is -2.12. The van der Waals surface area contributed by atoms with Crippen LogP contribution >= 0.6 is 24.0 Å². The lowest BCUT2D eigenvalue weighted by atomic mass is 10.3. The van der Waals surface area contributed by atoms with Crippen molar-refractivity contribution in [2.24, 2.45) is 4.99 Å². The zero-order valence-corrected chi connectivity index (χ0v) is 15.8. The smallest absolute Gasteiger partial charge is 0.191 e. The summed E-state index contributed by atoms with van der Waals surface area (Å²) >= 11 is 0. The fourth-order valence-corrected chi connectivity index (χ4v) is 2.22. The maximum Gasteiger partial charge on any atom is 0.191 e.